The normalized spacial score (nSPS) is 22.3. The van der Waals surface area contributed by atoms with E-state index in [1.807, 2.05) is 24.3 Å². The number of carbonyl (C=O) groups is 1. The van der Waals surface area contributed by atoms with Crippen LogP contribution in [-0.4, -0.2) is 17.4 Å². The Morgan fingerprint density at radius 3 is 2.81 bits per heavy atom. The molecule has 2 aromatic rings. The van der Waals surface area contributed by atoms with Crippen LogP contribution < -0.4 is 11.1 Å². The van der Waals surface area contributed by atoms with Gasteiger partial charge in [0.05, 0.1) is 11.2 Å². The third kappa shape index (κ3) is 3.04. The van der Waals surface area contributed by atoms with E-state index in [1.165, 1.54) is 25.7 Å². The molecule has 1 amide bonds. The van der Waals surface area contributed by atoms with Crippen LogP contribution in [0.3, 0.4) is 0 Å². The van der Waals surface area contributed by atoms with Gasteiger partial charge < -0.3 is 16.0 Å². The highest BCUT2D eigenvalue weighted by Gasteiger charge is 2.19. The van der Waals surface area contributed by atoms with Crippen LogP contribution in [0.1, 0.15) is 43.1 Å². The molecule has 0 saturated heterocycles. The Labute approximate surface area is 125 Å². The highest BCUT2D eigenvalue weighted by Crippen LogP contribution is 2.27. The fourth-order valence-electron chi connectivity index (χ4n) is 3.17. The maximum atomic E-state index is 12.2. The summed E-state index contributed by atoms with van der Waals surface area (Å²) in [5, 5.41) is 4.03. The largest absolute Gasteiger partial charge is 0.397 e. The first-order valence-corrected chi connectivity index (χ1v) is 7.79. The number of H-pyrrole nitrogens is 1. The number of rotatable bonds is 3. The van der Waals surface area contributed by atoms with Crippen molar-refractivity contribution in [3.63, 3.8) is 0 Å². The van der Waals surface area contributed by atoms with Crippen LogP contribution in [0.4, 0.5) is 5.69 Å². The quantitative estimate of drug-likeness (QED) is 0.757. The average Bonchev–Trinajstić information content (AvgIpc) is 2.92. The van der Waals surface area contributed by atoms with Crippen molar-refractivity contribution in [2.45, 2.75) is 32.6 Å². The smallest absolute Gasteiger partial charge is 0.267 e. The van der Waals surface area contributed by atoms with Gasteiger partial charge in [0.1, 0.15) is 5.69 Å². The molecule has 0 atom stereocenters. The summed E-state index contributed by atoms with van der Waals surface area (Å²) in [4.78, 5) is 15.4. The number of fused-ring (bicyclic) bond motifs is 1. The van der Waals surface area contributed by atoms with Gasteiger partial charge in [0.15, 0.2) is 0 Å². The Bertz CT molecular complexity index is 639. The molecule has 4 N–H and O–H groups in total. The van der Waals surface area contributed by atoms with Crippen molar-refractivity contribution in [3.05, 3.63) is 30.0 Å². The van der Waals surface area contributed by atoms with E-state index in [2.05, 4.69) is 17.2 Å². The second kappa shape index (κ2) is 5.80. The first kappa shape index (κ1) is 14.0. The number of carbonyl (C=O) groups excluding carboxylic acids is 1. The molecule has 0 bridgehead atoms. The van der Waals surface area contributed by atoms with Crippen molar-refractivity contribution in [3.8, 4) is 0 Å². The Balaban J connectivity index is 1.63. The second-order valence-corrected chi connectivity index (χ2v) is 6.33. The maximum absolute atomic E-state index is 12.2. The van der Waals surface area contributed by atoms with Crippen LogP contribution in [0.15, 0.2) is 24.3 Å². The molecule has 112 valence electrons. The van der Waals surface area contributed by atoms with E-state index in [0.29, 0.717) is 17.3 Å². The van der Waals surface area contributed by atoms with Gasteiger partial charge in [-0.15, -0.1) is 0 Å². The lowest BCUT2D eigenvalue weighted by Gasteiger charge is -2.26. The van der Waals surface area contributed by atoms with Crippen molar-refractivity contribution in [1.29, 1.82) is 0 Å². The third-order valence-corrected chi connectivity index (χ3v) is 4.62. The van der Waals surface area contributed by atoms with Gasteiger partial charge in [-0.2, -0.15) is 0 Å². The van der Waals surface area contributed by atoms with Crippen molar-refractivity contribution in [2.75, 3.05) is 12.3 Å². The summed E-state index contributed by atoms with van der Waals surface area (Å²) in [6, 6.07) is 7.56. The van der Waals surface area contributed by atoms with E-state index in [-0.39, 0.29) is 5.91 Å². The Morgan fingerprint density at radius 2 is 2.10 bits per heavy atom. The molecule has 1 aliphatic carbocycles. The van der Waals surface area contributed by atoms with E-state index in [1.54, 1.807) is 0 Å². The lowest BCUT2D eigenvalue weighted by molar-refractivity contribution is 0.0937. The van der Waals surface area contributed by atoms with Gasteiger partial charge in [0.2, 0.25) is 0 Å². The summed E-state index contributed by atoms with van der Waals surface area (Å²) in [6.07, 6.45) is 5.01. The molecule has 4 nitrogen and oxygen atoms in total. The van der Waals surface area contributed by atoms with Gasteiger partial charge in [0, 0.05) is 11.9 Å². The second-order valence-electron chi connectivity index (χ2n) is 6.33. The number of nitrogen functional groups attached to an aromatic ring is 1. The van der Waals surface area contributed by atoms with Crippen LogP contribution in [0, 0.1) is 11.8 Å². The molecule has 3 rings (SSSR count). The molecule has 1 saturated carbocycles. The van der Waals surface area contributed by atoms with E-state index < -0.39 is 0 Å². The van der Waals surface area contributed by atoms with E-state index in [9.17, 15) is 4.79 Å². The third-order valence-electron chi connectivity index (χ3n) is 4.62. The number of nitrogens with two attached hydrogens (primary N) is 1. The van der Waals surface area contributed by atoms with Gasteiger partial charge in [-0.1, -0.05) is 31.9 Å². The summed E-state index contributed by atoms with van der Waals surface area (Å²) < 4.78 is 0. The number of aromatic nitrogens is 1. The molecule has 0 aliphatic heterocycles. The Hall–Kier alpha value is -1.97. The summed E-state index contributed by atoms with van der Waals surface area (Å²) >= 11 is 0. The van der Waals surface area contributed by atoms with Crippen LogP contribution in [0.25, 0.3) is 10.9 Å². The number of anilines is 1. The van der Waals surface area contributed by atoms with Crippen molar-refractivity contribution < 1.29 is 4.79 Å². The first-order valence-electron chi connectivity index (χ1n) is 7.79. The molecule has 1 aromatic carbocycles. The Kier molecular flexibility index (Phi) is 3.86. The average molecular weight is 285 g/mol. The topological polar surface area (TPSA) is 70.9 Å². The van der Waals surface area contributed by atoms with Crippen LogP contribution in [-0.2, 0) is 0 Å². The number of hydrogen-bond acceptors (Lipinski definition) is 2. The zero-order valence-corrected chi connectivity index (χ0v) is 12.5. The highest BCUT2D eigenvalue weighted by molar-refractivity contribution is 6.00. The molecule has 0 spiro atoms. The lowest BCUT2D eigenvalue weighted by Crippen LogP contribution is -2.31. The summed E-state index contributed by atoms with van der Waals surface area (Å²) in [5.74, 6) is 1.43. The van der Waals surface area contributed by atoms with Crippen molar-refractivity contribution in [2.24, 2.45) is 11.8 Å². The number of hydrogen-bond donors (Lipinski definition) is 3. The van der Waals surface area contributed by atoms with Crippen LogP contribution in [0.2, 0.25) is 0 Å². The number of benzene rings is 1. The predicted molar refractivity (Wildman–Crippen MR) is 86.2 cm³/mol. The molecule has 4 heteroatoms. The molecular weight excluding hydrogens is 262 g/mol. The zero-order chi connectivity index (χ0) is 14.8. The number of nitrogens with one attached hydrogen (secondary N) is 2. The minimum Gasteiger partial charge on any atom is -0.397 e. The predicted octanol–water partition coefficient (Wildman–Crippen LogP) is 3.31. The molecule has 1 aromatic heterocycles. The standard InChI is InChI=1S/C17H23N3O/c1-11-5-7-12(8-6-11)10-19-17(21)15-9-13-3-2-4-14(18)16(13)20-15/h2-4,9,11-12,20H,5-8,10,18H2,1H3,(H,19,21). The highest BCUT2D eigenvalue weighted by atomic mass is 16.1. The molecule has 1 heterocycles. The van der Waals surface area contributed by atoms with Gasteiger partial charge in [-0.05, 0) is 36.8 Å². The molecule has 1 aliphatic rings. The van der Waals surface area contributed by atoms with Crippen molar-refractivity contribution >= 4 is 22.5 Å². The maximum Gasteiger partial charge on any atom is 0.267 e. The summed E-state index contributed by atoms with van der Waals surface area (Å²) in [5.41, 5.74) is 8.02. The molecule has 1 fully saturated rings. The molecular formula is C17H23N3O. The SMILES string of the molecule is CC1CCC(CNC(=O)c2cc3cccc(N)c3[nH]2)CC1. The number of para-hydroxylation sites is 1. The van der Waals surface area contributed by atoms with E-state index in [4.69, 9.17) is 5.73 Å². The van der Waals surface area contributed by atoms with Crippen LogP contribution in [0.5, 0.6) is 0 Å². The van der Waals surface area contributed by atoms with Crippen molar-refractivity contribution in [1.82, 2.24) is 10.3 Å². The summed E-state index contributed by atoms with van der Waals surface area (Å²) in [7, 11) is 0. The van der Waals surface area contributed by atoms with E-state index >= 15 is 0 Å². The summed E-state index contributed by atoms with van der Waals surface area (Å²) in [6.45, 7) is 3.08. The molecule has 21 heavy (non-hydrogen) atoms. The minimum atomic E-state index is -0.0378. The molecule has 0 unspecified atom stereocenters. The van der Waals surface area contributed by atoms with Gasteiger partial charge >= 0.3 is 0 Å². The molecule has 0 radical (unpaired) electrons. The first-order chi connectivity index (χ1) is 10.1. The minimum absolute atomic E-state index is 0.0378. The van der Waals surface area contributed by atoms with Gasteiger partial charge in [-0.25, -0.2) is 0 Å². The monoisotopic (exact) mass is 285 g/mol. The van der Waals surface area contributed by atoms with Crippen LogP contribution >= 0.6 is 0 Å². The number of amides is 1. The fourth-order valence-corrected chi connectivity index (χ4v) is 3.17. The Morgan fingerprint density at radius 1 is 1.33 bits per heavy atom. The van der Waals surface area contributed by atoms with Gasteiger partial charge in [-0.3, -0.25) is 4.79 Å². The fraction of sp³-hybridized carbons (Fsp3) is 0.471. The van der Waals surface area contributed by atoms with E-state index in [0.717, 1.165) is 23.4 Å². The lowest BCUT2D eigenvalue weighted by atomic mass is 9.83. The van der Waals surface area contributed by atoms with Gasteiger partial charge in [0.25, 0.3) is 5.91 Å². The number of aromatic amines is 1. The zero-order valence-electron chi connectivity index (χ0n) is 12.5.